The van der Waals surface area contributed by atoms with Gasteiger partial charge in [0, 0.05) is 10.5 Å². The molecule has 0 aliphatic heterocycles. The van der Waals surface area contributed by atoms with Gasteiger partial charge in [0.15, 0.2) is 0 Å². The fourth-order valence-corrected chi connectivity index (χ4v) is 1.73. The summed E-state index contributed by atoms with van der Waals surface area (Å²) in [7, 11) is 0. The Morgan fingerprint density at radius 3 is 2.69 bits per heavy atom. The molecule has 0 bridgehead atoms. The van der Waals surface area contributed by atoms with Crippen LogP contribution in [0.25, 0.3) is 0 Å². The third kappa shape index (κ3) is 3.49. The molecule has 0 saturated carbocycles. The fourth-order valence-electron chi connectivity index (χ4n) is 1.25. The Bertz CT molecular complexity index is 260. The van der Waals surface area contributed by atoms with Crippen LogP contribution >= 0.6 is 15.9 Å². The zero-order valence-corrected chi connectivity index (χ0v) is 9.55. The van der Waals surface area contributed by atoms with E-state index in [9.17, 15) is 0 Å². The zero-order chi connectivity index (χ0) is 9.68. The standard InChI is InChI=1S/C11H16BrN/c1-2-10(13)8-7-9-5-3-4-6-11(9)12/h3-6,10H,2,7-8,13H2,1H3. The number of rotatable bonds is 4. The zero-order valence-electron chi connectivity index (χ0n) is 7.96. The second-order valence-electron chi connectivity index (χ2n) is 3.30. The Morgan fingerprint density at radius 1 is 1.38 bits per heavy atom. The average Bonchev–Trinajstić information content (AvgIpc) is 2.16. The molecule has 1 nitrogen and oxygen atoms in total. The van der Waals surface area contributed by atoms with Crippen molar-refractivity contribution in [3.8, 4) is 0 Å². The van der Waals surface area contributed by atoms with Crippen molar-refractivity contribution < 1.29 is 0 Å². The minimum absolute atomic E-state index is 0.340. The van der Waals surface area contributed by atoms with E-state index in [1.807, 2.05) is 6.07 Å². The van der Waals surface area contributed by atoms with Crippen LogP contribution in [0.1, 0.15) is 25.3 Å². The van der Waals surface area contributed by atoms with Gasteiger partial charge in [-0.1, -0.05) is 41.1 Å². The van der Waals surface area contributed by atoms with Crippen molar-refractivity contribution >= 4 is 15.9 Å². The number of hydrogen-bond donors (Lipinski definition) is 1. The van der Waals surface area contributed by atoms with E-state index in [0.29, 0.717) is 6.04 Å². The first-order valence-corrected chi connectivity index (χ1v) is 5.52. The molecule has 13 heavy (non-hydrogen) atoms. The van der Waals surface area contributed by atoms with Gasteiger partial charge in [0.25, 0.3) is 0 Å². The quantitative estimate of drug-likeness (QED) is 0.862. The van der Waals surface area contributed by atoms with E-state index in [4.69, 9.17) is 5.73 Å². The average molecular weight is 242 g/mol. The summed E-state index contributed by atoms with van der Waals surface area (Å²) in [4.78, 5) is 0. The summed E-state index contributed by atoms with van der Waals surface area (Å²) in [5.41, 5.74) is 7.21. The summed E-state index contributed by atoms with van der Waals surface area (Å²) >= 11 is 3.53. The Morgan fingerprint density at radius 2 is 2.08 bits per heavy atom. The first kappa shape index (κ1) is 10.7. The van der Waals surface area contributed by atoms with Gasteiger partial charge in [-0.05, 0) is 30.9 Å². The van der Waals surface area contributed by atoms with Crippen LogP contribution in [0.15, 0.2) is 28.7 Å². The molecule has 72 valence electrons. The third-order valence-corrected chi connectivity index (χ3v) is 3.04. The van der Waals surface area contributed by atoms with Gasteiger partial charge in [-0.3, -0.25) is 0 Å². The van der Waals surface area contributed by atoms with Gasteiger partial charge in [-0.2, -0.15) is 0 Å². The molecular formula is C11H16BrN. The number of hydrogen-bond acceptors (Lipinski definition) is 1. The summed E-state index contributed by atoms with van der Waals surface area (Å²) in [6.45, 7) is 2.13. The van der Waals surface area contributed by atoms with Crippen molar-refractivity contribution in [2.45, 2.75) is 32.2 Å². The normalized spacial score (nSPS) is 12.8. The Kier molecular flexibility index (Phi) is 4.46. The highest BCUT2D eigenvalue weighted by molar-refractivity contribution is 9.10. The summed E-state index contributed by atoms with van der Waals surface area (Å²) in [6.07, 6.45) is 3.19. The van der Waals surface area contributed by atoms with Crippen molar-refractivity contribution in [2.24, 2.45) is 5.73 Å². The molecule has 0 aliphatic rings. The Hall–Kier alpha value is -0.340. The SMILES string of the molecule is CCC(N)CCc1ccccc1Br. The van der Waals surface area contributed by atoms with Crippen molar-refractivity contribution in [1.82, 2.24) is 0 Å². The van der Waals surface area contributed by atoms with Gasteiger partial charge in [-0.15, -0.1) is 0 Å². The fraction of sp³-hybridized carbons (Fsp3) is 0.455. The van der Waals surface area contributed by atoms with Gasteiger partial charge in [0.05, 0.1) is 0 Å². The molecule has 2 heteroatoms. The maximum atomic E-state index is 5.86. The molecule has 0 radical (unpaired) electrons. The summed E-state index contributed by atoms with van der Waals surface area (Å²) in [5, 5.41) is 0. The second-order valence-corrected chi connectivity index (χ2v) is 4.15. The monoisotopic (exact) mass is 241 g/mol. The number of nitrogens with two attached hydrogens (primary N) is 1. The van der Waals surface area contributed by atoms with Crippen molar-refractivity contribution in [2.75, 3.05) is 0 Å². The minimum Gasteiger partial charge on any atom is -0.328 e. The number of benzene rings is 1. The van der Waals surface area contributed by atoms with E-state index in [1.165, 1.54) is 10.0 Å². The van der Waals surface area contributed by atoms with Crippen LogP contribution < -0.4 is 5.73 Å². The van der Waals surface area contributed by atoms with E-state index in [1.54, 1.807) is 0 Å². The molecule has 2 N–H and O–H groups in total. The highest BCUT2D eigenvalue weighted by Gasteiger charge is 2.02. The van der Waals surface area contributed by atoms with Gasteiger partial charge in [0.1, 0.15) is 0 Å². The van der Waals surface area contributed by atoms with Gasteiger partial charge in [0.2, 0.25) is 0 Å². The molecule has 1 aromatic carbocycles. The van der Waals surface area contributed by atoms with Crippen LogP contribution in [0.5, 0.6) is 0 Å². The van der Waals surface area contributed by atoms with Crippen LogP contribution in [-0.4, -0.2) is 6.04 Å². The Labute approximate surface area is 88.5 Å². The van der Waals surface area contributed by atoms with E-state index in [0.717, 1.165) is 19.3 Å². The van der Waals surface area contributed by atoms with E-state index in [2.05, 4.69) is 41.1 Å². The topological polar surface area (TPSA) is 26.0 Å². The summed E-state index contributed by atoms with van der Waals surface area (Å²) in [5.74, 6) is 0. The predicted molar refractivity (Wildman–Crippen MR) is 60.7 cm³/mol. The number of halogens is 1. The van der Waals surface area contributed by atoms with Crippen LogP contribution in [0.4, 0.5) is 0 Å². The highest BCUT2D eigenvalue weighted by atomic mass is 79.9. The molecule has 1 atom stereocenters. The van der Waals surface area contributed by atoms with E-state index >= 15 is 0 Å². The van der Waals surface area contributed by atoms with Crippen molar-refractivity contribution in [3.05, 3.63) is 34.3 Å². The molecule has 1 unspecified atom stereocenters. The maximum absolute atomic E-state index is 5.86. The van der Waals surface area contributed by atoms with Gasteiger partial charge in [-0.25, -0.2) is 0 Å². The summed E-state index contributed by atoms with van der Waals surface area (Å²) in [6, 6.07) is 8.66. The minimum atomic E-state index is 0.340. The molecule has 0 heterocycles. The molecule has 0 spiro atoms. The highest BCUT2D eigenvalue weighted by Crippen LogP contribution is 2.17. The first-order valence-electron chi connectivity index (χ1n) is 4.73. The van der Waals surface area contributed by atoms with E-state index in [-0.39, 0.29) is 0 Å². The predicted octanol–water partition coefficient (Wildman–Crippen LogP) is 3.12. The Balaban J connectivity index is 2.50. The van der Waals surface area contributed by atoms with Crippen LogP contribution in [0, 0.1) is 0 Å². The molecule has 0 saturated heterocycles. The van der Waals surface area contributed by atoms with Crippen LogP contribution in [0.3, 0.4) is 0 Å². The van der Waals surface area contributed by atoms with Crippen LogP contribution in [-0.2, 0) is 6.42 Å². The molecule has 0 aliphatic carbocycles. The molecule has 0 aromatic heterocycles. The first-order chi connectivity index (χ1) is 6.24. The lowest BCUT2D eigenvalue weighted by Gasteiger charge is -2.09. The van der Waals surface area contributed by atoms with Gasteiger partial charge < -0.3 is 5.73 Å². The molecule has 0 amide bonds. The lowest BCUT2D eigenvalue weighted by molar-refractivity contribution is 0.595. The largest absolute Gasteiger partial charge is 0.328 e. The maximum Gasteiger partial charge on any atom is 0.0207 e. The molecule has 1 rings (SSSR count). The molecular weight excluding hydrogens is 226 g/mol. The van der Waals surface area contributed by atoms with E-state index < -0.39 is 0 Å². The molecule has 1 aromatic rings. The van der Waals surface area contributed by atoms with Crippen LogP contribution in [0.2, 0.25) is 0 Å². The molecule has 0 fully saturated rings. The smallest absolute Gasteiger partial charge is 0.0207 e. The van der Waals surface area contributed by atoms with Gasteiger partial charge >= 0.3 is 0 Å². The third-order valence-electron chi connectivity index (χ3n) is 2.27. The second kappa shape index (κ2) is 5.40. The summed E-state index contributed by atoms with van der Waals surface area (Å²) < 4.78 is 1.19. The van der Waals surface area contributed by atoms with Crippen molar-refractivity contribution in [3.63, 3.8) is 0 Å². The number of aryl methyl sites for hydroxylation is 1. The lowest BCUT2D eigenvalue weighted by Crippen LogP contribution is -2.19. The van der Waals surface area contributed by atoms with Crippen molar-refractivity contribution in [1.29, 1.82) is 0 Å². The lowest BCUT2D eigenvalue weighted by atomic mass is 10.0.